The van der Waals surface area contributed by atoms with Crippen LogP contribution in [0.2, 0.25) is 0 Å². The summed E-state index contributed by atoms with van der Waals surface area (Å²) in [5, 5.41) is 0.396. The van der Waals surface area contributed by atoms with Crippen molar-refractivity contribution >= 4 is 21.8 Å². The van der Waals surface area contributed by atoms with E-state index in [1.165, 1.54) is 0 Å². The number of rotatable bonds is 6. The molecule has 0 aromatic rings. The second kappa shape index (κ2) is 7.55. The van der Waals surface area contributed by atoms with Crippen LogP contribution in [0.4, 0.5) is 0 Å². The molecule has 0 fully saturated rings. The van der Waals surface area contributed by atoms with Crippen molar-refractivity contribution in [3.05, 3.63) is 0 Å². The molecule has 0 saturated carbocycles. The topological polar surface area (TPSA) is 29.5 Å². The van der Waals surface area contributed by atoms with Crippen LogP contribution in [0.15, 0.2) is 0 Å². The summed E-state index contributed by atoms with van der Waals surface area (Å²) in [5.41, 5.74) is 0. The Bertz CT molecular complexity index is 130. The van der Waals surface area contributed by atoms with E-state index in [2.05, 4.69) is 15.9 Å². The van der Waals surface area contributed by atoms with Crippen LogP contribution in [0.3, 0.4) is 0 Å². The molecule has 0 aliphatic rings. The molecule has 0 heterocycles. The molecular formula is C8H16BrNO2. The third-order valence-corrected chi connectivity index (χ3v) is 2.04. The minimum Gasteiger partial charge on any atom is -0.380 e. The average molecular weight is 238 g/mol. The lowest BCUT2D eigenvalue weighted by Crippen LogP contribution is -2.34. The smallest absolute Gasteiger partial charge is 0.233 e. The number of carbonyl (C=O) groups is 1. The quantitative estimate of drug-likeness (QED) is 0.515. The summed E-state index contributed by atoms with van der Waals surface area (Å²) in [7, 11) is 0. The molecule has 0 unspecified atom stereocenters. The Kier molecular flexibility index (Phi) is 7.50. The summed E-state index contributed by atoms with van der Waals surface area (Å²) in [4.78, 5) is 12.9. The van der Waals surface area contributed by atoms with Gasteiger partial charge in [-0.1, -0.05) is 15.9 Å². The predicted octanol–water partition coefficient (Wildman–Crippen LogP) is 1.27. The van der Waals surface area contributed by atoms with Gasteiger partial charge in [-0.05, 0) is 13.8 Å². The molecule has 0 aromatic heterocycles. The van der Waals surface area contributed by atoms with Crippen LogP contribution in [0.5, 0.6) is 0 Å². The molecule has 0 aliphatic heterocycles. The van der Waals surface area contributed by atoms with E-state index < -0.39 is 0 Å². The number of hydrogen-bond acceptors (Lipinski definition) is 2. The first-order valence-electron chi connectivity index (χ1n) is 4.17. The van der Waals surface area contributed by atoms with Gasteiger partial charge < -0.3 is 9.64 Å². The van der Waals surface area contributed by atoms with Crippen molar-refractivity contribution in [3.8, 4) is 0 Å². The molecule has 1 amide bonds. The number of carbonyl (C=O) groups excluding carboxylic acids is 1. The van der Waals surface area contributed by atoms with E-state index in [4.69, 9.17) is 4.74 Å². The van der Waals surface area contributed by atoms with E-state index in [1.807, 2.05) is 13.8 Å². The van der Waals surface area contributed by atoms with E-state index in [0.717, 1.165) is 6.54 Å². The summed E-state index contributed by atoms with van der Waals surface area (Å²) in [6.07, 6.45) is 0. The lowest BCUT2D eigenvalue weighted by molar-refractivity contribution is -0.128. The molecular weight excluding hydrogens is 222 g/mol. The Labute approximate surface area is 82.2 Å². The van der Waals surface area contributed by atoms with E-state index in [-0.39, 0.29) is 5.91 Å². The summed E-state index contributed by atoms with van der Waals surface area (Å²) >= 11 is 3.13. The maximum atomic E-state index is 11.2. The van der Waals surface area contributed by atoms with Crippen LogP contribution >= 0.6 is 15.9 Å². The van der Waals surface area contributed by atoms with Crippen LogP contribution in [0, 0.1) is 0 Å². The fourth-order valence-electron chi connectivity index (χ4n) is 0.863. The van der Waals surface area contributed by atoms with Crippen LogP contribution in [0.25, 0.3) is 0 Å². The predicted molar refractivity (Wildman–Crippen MR) is 52.5 cm³/mol. The third kappa shape index (κ3) is 4.72. The molecule has 0 radical (unpaired) electrons. The minimum absolute atomic E-state index is 0.122. The zero-order chi connectivity index (χ0) is 9.40. The summed E-state index contributed by atoms with van der Waals surface area (Å²) < 4.78 is 5.15. The maximum absolute atomic E-state index is 11.2. The second-order valence-corrected chi connectivity index (χ2v) is 2.86. The second-order valence-electron chi connectivity index (χ2n) is 2.30. The first-order valence-corrected chi connectivity index (χ1v) is 5.29. The zero-order valence-electron chi connectivity index (χ0n) is 7.68. The highest BCUT2D eigenvalue weighted by atomic mass is 79.9. The molecule has 0 saturated heterocycles. The van der Waals surface area contributed by atoms with Crippen molar-refractivity contribution in [3.63, 3.8) is 0 Å². The molecule has 4 heteroatoms. The van der Waals surface area contributed by atoms with Gasteiger partial charge in [0.15, 0.2) is 0 Å². The first kappa shape index (κ1) is 11.9. The van der Waals surface area contributed by atoms with Crippen LogP contribution < -0.4 is 0 Å². The molecule has 12 heavy (non-hydrogen) atoms. The van der Waals surface area contributed by atoms with Gasteiger partial charge in [-0.3, -0.25) is 4.79 Å². The number of ether oxygens (including phenoxy) is 1. The van der Waals surface area contributed by atoms with Gasteiger partial charge >= 0.3 is 0 Å². The molecule has 0 N–H and O–H groups in total. The zero-order valence-corrected chi connectivity index (χ0v) is 9.26. The van der Waals surface area contributed by atoms with Crippen molar-refractivity contribution in [2.75, 3.05) is 31.6 Å². The lowest BCUT2D eigenvalue weighted by atomic mass is 10.5. The van der Waals surface area contributed by atoms with Crippen molar-refractivity contribution in [1.29, 1.82) is 0 Å². The van der Waals surface area contributed by atoms with Crippen molar-refractivity contribution < 1.29 is 9.53 Å². The number of halogens is 1. The Morgan fingerprint density at radius 1 is 1.50 bits per heavy atom. The van der Waals surface area contributed by atoms with Gasteiger partial charge in [0, 0.05) is 19.7 Å². The van der Waals surface area contributed by atoms with Crippen molar-refractivity contribution in [2.24, 2.45) is 0 Å². The van der Waals surface area contributed by atoms with Gasteiger partial charge in [0.05, 0.1) is 11.9 Å². The van der Waals surface area contributed by atoms with E-state index >= 15 is 0 Å². The molecule has 0 aliphatic carbocycles. The molecule has 0 aromatic carbocycles. The number of nitrogens with zero attached hydrogens (tertiary/aromatic N) is 1. The normalized spacial score (nSPS) is 9.92. The minimum atomic E-state index is 0.122. The fraction of sp³-hybridized carbons (Fsp3) is 0.875. The number of amides is 1. The fourth-order valence-corrected chi connectivity index (χ4v) is 1.22. The molecule has 0 rings (SSSR count). The van der Waals surface area contributed by atoms with Gasteiger partial charge in [0.2, 0.25) is 5.91 Å². The number of hydrogen-bond donors (Lipinski definition) is 0. The van der Waals surface area contributed by atoms with Gasteiger partial charge in [-0.15, -0.1) is 0 Å². The summed E-state index contributed by atoms with van der Waals surface area (Å²) in [6.45, 7) is 6.69. The standard InChI is InChI=1S/C8H16BrNO2/c1-3-10(8(11)7-9)5-6-12-4-2/h3-7H2,1-2H3. The summed E-state index contributed by atoms with van der Waals surface area (Å²) in [5.74, 6) is 0.122. The van der Waals surface area contributed by atoms with Gasteiger partial charge in [0.1, 0.15) is 0 Å². The van der Waals surface area contributed by atoms with Crippen molar-refractivity contribution in [2.45, 2.75) is 13.8 Å². The van der Waals surface area contributed by atoms with Gasteiger partial charge in [0.25, 0.3) is 0 Å². The van der Waals surface area contributed by atoms with E-state index in [0.29, 0.717) is 25.1 Å². The SMILES string of the molecule is CCOCCN(CC)C(=O)CBr. The highest BCUT2D eigenvalue weighted by Crippen LogP contribution is 1.93. The molecule has 3 nitrogen and oxygen atoms in total. The third-order valence-electron chi connectivity index (χ3n) is 1.56. The molecule has 0 atom stereocenters. The monoisotopic (exact) mass is 237 g/mol. The van der Waals surface area contributed by atoms with E-state index in [9.17, 15) is 4.79 Å². The Morgan fingerprint density at radius 3 is 2.58 bits per heavy atom. The average Bonchev–Trinajstić information content (AvgIpc) is 2.11. The van der Waals surface area contributed by atoms with Crippen LogP contribution in [0.1, 0.15) is 13.8 Å². The van der Waals surface area contributed by atoms with E-state index in [1.54, 1.807) is 4.90 Å². The largest absolute Gasteiger partial charge is 0.380 e. The van der Waals surface area contributed by atoms with Crippen LogP contribution in [-0.4, -0.2) is 42.4 Å². The highest BCUT2D eigenvalue weighted by Gasteiger charge is 2.08. The molecule has 0 spiro atoms. The number of alkyl halides is 1. The Balaban J connectivity index is 3.60. The highest BCUT2D eigenvalue weighted by molar-refractivity contribution is 9.09. The summed E-state index contributed by atoms with van der Waals surface area (Å²) in [6, 6.07) is 0. The van der Waals surface area contributed by atoms with Gasteiger partial charge in [-0.2, -0.15) is 0 Å². The maximum Gasteiger partial charge on any atom is 0.233 e. The lowest BCUT2D eigenvalue weighted by Gasteiger charge is -2.19. The van der Waals surface area contributed by atoms with Gasteiger partial charge in [-0.25, -0.2) is 0 Å². The number of likely N-dealkylation sites (N-methyl/N-ethyl adjacent to an activating group) is 1. The molecule has 72 valence electrons. The Hall–Kier alpha value is -0.0900. The van der Waals surface area contributed by atoms with Crippen molar-refractivity contribution in [1.82, 2.24) is 4.90 Å². The Morgan fingerprint density at radius 2 is 2.17 bits per heavy atom. The van der Waals surface area contributed by atoms with Crippen LogP contribution in [-0.2, 0) is 9.53 Å². The first-order chi connectivity index (χ1) is 5.76. The molecule has 0 bridgehead atoms.